The maximum absolute atomic E-state index is 14.2. The van der Waals surface area contributed by atoms with E-state index < -0.39 is 23.0 Å². The number of ether oxygens (including phenoxy) is 1. The molecule has 0 amide bonds. The summed E-state index contributed by atoms with van der Waals surface area (Å²) in [5.74, 6) is -2.60. The molecule has 0 spiro atoms. The van der Waals surface area contributed by atoms with Gasteiger partial charge in [0.25, 0.3) is 0 Å². The van der Waals surface area contributed by atoms with E-state index in [-0.39, 0.29) is 25.2 Å². The largest absolute Gasteiger partial charge is 0.396 e. The highest BCUT2D eigenvalue weighted by molar-refractivity contribution is 5.29. The fourth-order valence-electron chi connectivity index (χ4n) is 3.53. The van der Waals surface area contributed by atoms with Gasteiger partial charge >= 0.3 is 0 Å². The van der Waals surface area contributed by atoms with Crippen LogP contribution in [0.4, 0.5) is 13.2 Å². The fourth-order valence-corrected chi connectivity index (χ4v) is 3.53. The zero-order valence-corrected chi connectivity index (χ0v) is 13.6. The van der Waals surface area contributed by atoms with Gasteiger partial charge in [-0.25, -0.2) is 13.2 Å². The third-order valence-electron chi connectivity index (χ3n) is 4.91. The zero-order valence-electron chi connectivity index (χ0n) is 13.6. The molecule has 25 heavy (non-hydrogen) atoms. The molecule has 1 aliphatic rings. The molecule has 2 aromatic carbocycles. The molecule has 0 radical (unpaired) electrons. The van der Waals surface area contributed by atoms with E-state index in [1.807, 2.05) is 0 Å². The van der Waals surface area contributed by atoms with Gasteiger partial charge in [-0.05, 0) is 36.6 Å². The normalized spacial score (nSPS) is 26.1. The van der Waals surface area contributed by atoms with Crippen molar-refractivity contribution in [1.82, 2.24) is 0 Å². The average molecular weight is 351 g/mol. The monoisotopic (exact) mass is 351 g/mol. The number of benzene rings is 2. The number of aliphatic hydroxyl groups is 1. The van der Waals surface area contributed by atoms with E-state index in [1.165, 1.54) is 12.1 Å². The van der Waals surface area contributed by atoms with Crippen LogP contribution in [0.15, 0.2) is 42.5 Å². The number of hydrogen-bond donors (Lipinski definition) is 2. The van der Waals surface area contributed by atoms with E-state index in [2.05, 4.69) is 0 Å². The van der Waals surface area contributed by atoms with Gasteiger partial charge in [0, 0.05) is 18.1 Å². The number of halogens is 3. The first kappa shape index (κ1) is 17.9. The molecule has 1 aliphatic carbocycles. The molecule has 1 fully saturated rings. The molecule has 0 heterocycles. The van der Waals surface area contributed by atoms with Crippen molar-refractivity contribution in [3.63, 3.8) is 0 Å². The summed E-state index contributed by atoms with van der Waals surface area (Å²) >= 11 is 0. The van der Waals surface area contributed by atoms with Crippen LogP contribution in [0.2, 0.25) is 0 Å². The summed E-state index contributed by atoms with van der Waals surface area (Å²) in [4.78, 5) is 0. The third kappa shape index (κ3) is 3.56. The van der Waals surface area contributed by atoms with Crippen LogP contribution >= 0.6 is 0 Å². The van der Waals surface area contributed by atoms with E-state index in [0.717, 1.165) is 12.1 Å². The van der Waals surface area contributed by atoms with Gasteiger partial charge in [0.05, 0.1) is 18.2 Å². The van der Waals surface area contributed by atoms with Crippen LogP contribution in [0.5, 0.6) is 0 Å². The Morgan fingerprint density at radius 1 is 1.08 bits per heavy atom. The van der Waals surface area contributed by atoms with Gasteiger partial charge in [0.15, 0.2) is 11.6 Å². The summed E-state index contributed by atoms with van der Waals surface area (Å²) in [5, 5.41) is 9.67. The average Bonchev–Trinajstić information content (AvgIpc) is 2.93. The van der Waals surface area contributed by atoms with E-state index in [1.54, 1.807) is 18.2 Å². The molecule has 1 saturated carbocycles. The van der Waals surface area contributed by atoms with Crippen molar-refractivity contribution in [3.05, 3.63) is 71.0 Å². The molecular formula is C19H20F3NO2. The molecule has 2 unspecified atom stereocenters. The lowest BCUT2D eigenvalue weighted by atomic mass is 9.81. The number of rotatable bonds is 5. The molecule has 0 aliphatic heterocycles. The summed E-state index contributed by atoms with van der Waals surface area (Å²) in [6.07, 6.45) is 0.489. The standard InChI is InChI=1S/C19H20F3NO2/c20-16-4-2-1-3-15(16)19(23)9-14(8-13(19)10-24)25-11-12-5-6-17(21)18(22)7-12/h1-7,13-14,24H,8-11,23H2/t13-,14?,19?/m0/s1. The quantitative estimate of drug-likeness (QED) is 0.869. The highest BCUT2D eigenvalue weighted by Gasteiger charge is 2.47. The Balaban J connectivity index is 1.73. The second-order valence-electron chi connectivity index (χ2n) is 6.52. The van der Waals surface area contributed by atoms with Gasteiger partial charge in [0.1, 0.15) is 5.82 Å². The first-order valence-electron chi connectivity index (χ1n) is 8.14. The summed E-state index contributed by atoms with van der Waals surface area (Å²) in [5.41, 5.74) is 6.28. The molecule has 134 valence electrons. The van der Waals surface area contributed by atoms with Crippen molar-refractivity contribution in [2.75, 3.05) is 6.61 Å². The van der Waals surface area contributed by atoms with Crippen molar-refractivity contribution in [3.8, 4) is 0 Å². The van der Waals surface area contributed by atoms with Gasteiger partial charge in [-0.15, -0.1) is 0 Å². The predicted octanol–water partition coefficient (Wildman–Crippen LogP) is 3.25. The van der Waals surface area contributed by atoms with Crippen molar-refractivity contribution in [2.45, 2.75) is 31.1 Å². The Hall–Kier alpha value is -1.89. The second-order valence-corrected chi connectivity index (χ2v) is 6.52. The zero-order chi connectivity index (χ0) is 18.0. The van der Waals surface area contributed by atoms with E-state index in [0.29, 0.717) is 24.0 Å². The molecule has 0 saturated heterocycles. The summed E-state index contributed by atoms with van der Waals surface area (Å²) in [6, 6.07) is 9.83. The van der Waals surface area contributed by atoms with Crippen LogP contribution in [0.25, 0.3) is 0 Å². The fraction of sp³-hybridized carbons (Fsp3) is 0.368. The van der Waals surface area contributed by atoms with Gasteiger partial charge in [-0.2, -0.15) is 0 Å². The van der Waals surface area contributed by atoms with Crippen molar-refractivity contribution >= 4 is 0 Å². The van der Waals surface area contributed by atoms with Crippen molar-refractivity contribution in [2.24, 2.45) is 11.7 Å². The highest BCUT2D eigenvalue weighted by Crippen LogP contribution is 2.43. The van der Waals surface area contributed by atoms with Crippen LogP contribution < -0.4 is 5.73 Å². The lowest BCUT2D eigenvalue weighted by Crippen LogP contribution is -2.43. The second kappa shape index (κ2) is 7.15. The van der Waals surface area contributed by atoms with Gasteiger partial charge in [0.2, 0.25) is 0 Å². The molecule has 6 heteroatoms. The van der Waals surface area contributed by atoms with Crippen molar-refractivity contribution < 1.29 is 23.0 Å². The van der Waals surface area contributed by atoms with Crippen LogP contribution in [0, 0.1) is 23.4 Å². The molecule has 2 aromatic rings. The minimum atomic E-state index is -1.03. The Morgan fingerprint density at radius 2 is 1.84 bits per heavy atom. The summed E-state index contributed by atoms with van der Waals surface area (Å²) in [7, 11) is 0. The molecule has 0 aromatic heterocycles. The molecule has 0 bridgehead atoms. The van der Waals surface area contributed by atoms with Gasteiger partial charge in [-0.3, -0.25) is 0 Å². The summed E-state index contributed by atoms with van der Waals surface area (Å²) in [6.45, 7) is -0.0940. The number of hydrogen-bond acceptors (Lipinski definition) is 3. The lowest BCUT2D eigenvalue weighted by Gasteiger charge is -2.31. The number of nitrogens with two attached hydrogens (primary N) is 1. The van der Waals surface area contributed by atoms with Crippen LogP contribution in [0.1, 0.15) is 24.0 Å². The minimum absolute atomic E-state index is 0.0906. The van der Waals surface area contributed by atoms with Crippen LogP contribution in [-0.2, 0) is 16.9 Å². The third-order valence-corrected chi connectivity index (χ3v) is 4.91. The first-order valence-corrected chi connectivity index (χ1v) is 8.14. The van der Waals surface area contributed by atoms with E-state index >= 15 is 0 Å². The molecule has 3 nitrogen and oxygen atoms in total. The van der Waals surface area contributed by atoms with Crippen LogP contribution in [0.3, 0.4) is 0 Å². The molecule has 3 atom stereocenters. The molecular weight excluding hydrogens is 331 g/mol. The minimum Gasteiger partial charge on any atom is -0.396 e. The highest BCUT2D eigenvalue weighted by atomic mass is 19.2. The smallest absolute Gasteiger partial charge is 0.159 e. The maximum atomic E-state index is 14.2. The maximum Gasteiger partial charge on any atom is 0.159 e. The molecule has 3 rings (SSSR count). The molecule has 3 N–H and O–H groups in total. The van der Waals surface area contributed by atoms with Gasteiger partial charge < -0.3 is 15.6 Å². The van der Waals surface area contributed by atoms with Gasteiger partial charge in [-0.1, -0.05) is 24.3 Å². The Morgan fingerprint density at radius 3 is 2.52 bits per heavy atom. The predicted molar refractivity (Wildman–Crippen MR) is 87.0 cm³/mol. The Kier molecular flexibility index (Phi) is 5.13. The van der Waals surface area contributed by atoms with Crippen LogP contribution in [-0.4, -0.2) is 17.8 Å². The topological polar surface area (TPSA) is 55.5 Å². The summed E-state index contributed by atoms with van der Waals surface area (Å²) < 4.78 is 46.2. The SMILES string of the molecule is NC1(c2ccccc2F)CC(OCc2ccc(F)c(F)c2)C[C@H]1CO. The number of aliphatic hydroxyl groups excluding tert-OH is 1. The lowest BCUT2D eigenvalue weighted by molar-refractivity contribution is 0.0390. The van der Waals surface area contributed by atoms with Crippen molar-refractivity contribution in [1.29, 1.82) is 0 Å². The Labute approximate surface area is 144 Å². The first-order chi connectivity index (χ1) is 11.9. The van der Waals surface area contributed by atoms with E-state index in [4.69, 9.17) is 10.5 Å². The Bertz CT molecular complexity index is 755. The van der Waals surface area contributed by atoms with E-state index in [9.17, 15) is 18.3 Å².